The number of carboxylic acids is 1. The summed E-state index contributed by atoms with van der Waals surface area (Å²) in [7, 11) is 0. The Morgan fingerprint density at radius 2 is 2.10 bits per heavy atom. The lowest BCUT2D eigenvalue weighted by atomic mass is 9.96. The van der Waals surface area contributed by atoms with E-state index in [0.717, 1.165) is 18.5 Å². The largest absolute Gasteiger partial charge is 0.478 e. The Kier molecular flexibility index (Phi) is 4.55. The number of carbonyl (C=O) groups is 2. The molecule has 1 saturated heterocycles. The number of rotatable bonds is 4. The maximum atomic E-state index is 11.7. The van der Waals surface area contributed by atoms with Gasteiger partial charge in [-0.15, -0.1) is 0 Å². The third-order valence-electron chi connectivity index (χ3n) is 3.45. The molecule has 1 aromatic heterocycles. The molecule has 1 aromatic rings. The van der Waals surface area contributed by atoms with E-state index in [2.05, 4.69) is 9.88 Å². The van der Waals surface area contributed by atoms with Crippen LogP contribution in [0, 0.1) is 5.92 Å². The summed E-state index contributed by atoms with van der Waals surface area (Å²) in [5.41, 5.74) is 0.960. The predicted octanol–water partition coefficient (Wildman–Crippen LogP) is 1.56. The van der Waals surface area contributed by atoms with Crippen LogP contribution in [0.25, 0.3) is 0 Å². The van der Waals surface area contributed by atoms with Crippen LogP contribution in [-0.4, -0.2) is 41.7 Å². The summed E-state index contributed by atoms with van der Waals surface area (Å²) in [6.07, 6.45) is 4.42. The molecular formula is C14H18N2O4. The number of pyridine rings is 1. The van der Waals surface area contributed by atoms with Gasteiger partial charge in [-0.1, -0.05) is 0 Å². The molecule has 108 valence electrons. The van der Waals surface area contributed by atoms with Gasteiger partial charge in [-0.25, -0.2) is 4.79 Å². The molecule has 0 amide bonds. The van der Waals surface area contributed by atoms with E-state index >= 15 is 0 Å². The fourth-order valence-corrected chi connectivity index (χ4v) is 2.35. The topological polar surface area (TPSA) is 79.7 Å². The first-order valence-corrected chi connectivity index (χ1v) is 6.71. The molecule has 6 nitrogen and oxygen atoms in total. The number of aromatic carboxylic acids is 1. The molecule has 1 aliphatic rings. The molecule has 2 rings (SSSR count). The smallest absolute Gasteiger partial charge is 0.337 e. The molecule has 0 bridgehead atoms. The molecule has 0 unspecified atom stereocenters. The first-order chi connectivity index (χ1) is 9.61. The van der Waals surface area contributed by atoms with Crippen molar-refractivity contribution in [1.82, 2.24) is 4.98 Å². The average Bonchev–Trinajstić information content (AvgIpc) is 2.48. The molecular weight excluding hydrogens is 260 g/mol. The van der Waals surface area contributed by atoms with Crippen molar-refractivity contribution in [2.45, 2.75) is 19.8 Å². The van der Waals surface area contributed by atoms with Crippen molar-refractivity contribution in [3.05, 3.63) is 24.0 Å². The Morgan fingerprint density at radius 1 is 1.40 bits per heavy atom. The lowest BCUT2D eigenvalue weighted by Gasteiger charge is -2.32. The lowest BCUT2D eigenvalue weighted by molar-refractivity contribution is -0.148. The molecule has 1 fully saturated rings. The molecule has 0 spiro atoms. The molecule has 0 aromatic carbocycles. The zero-order valence-electron chi connectivity index (χ0n) is 11.4. The highest BCUT2D eigenvalue weighted by atomic mass is 16.5. The van der Waals surface area contributed by atoms with Crippen LogP contribution in [-0.2, 0) is 9.53 Å². The van der Waals surface area contributed by atoms with Crippen molar-refractivity contribution in [3.8, 4) is 0 Å². The van der Waals surface area contributed by atoms with Crippen LogP contribution in [0.5, 0.6) is 0 Å². The highest BCUT2D eigenvalue weighted by Crippen LogP contribution is 2.24. The number of carbonyl (C=O) groups excluding carboxylic acids is 1. The zero-order chi connectivity index (χ0) is 14.5. The number of carboxylic acid groups (broad SMARTS) is 1. The van der Waals surface area contributed by atoms with Gasteiger partial charge < -0.3 is 14.7 Å². The van der Waals surface area contributed by atoms with Crippen molar-refractivity contribution in [2.75, 3.05) is 24.6 Å². The summed E-state index contributed by atoms with van der Waals surface area (Å²) in [4.78, 5) is 28.6. The molecule has 0 radical (unpaired) electrons. The number of anilines is 1. The summed E-state index contributed by atoms with van der Waals surface area (Å²) in [5, 5.41) is 8.96. The van der Waals surface area contributed by atoms with E-state index in [0.29, 0.717) is 19.7 Å². The van der Waals surface area contributed by atoms with Crippen LogP contribution in [0.1, 0.15) is 30.1 Å². The van der Waals surface area contributed by atoms with Crippen molar-refractivity contribution >= 4 is 17.6 Å². The van der Waals surface area contributed by atoms with E-state index in [4.69, 9.17) is 9.84 Å². The average molecular weight is 278 g/mol. The summed E-state index contributed by atoms with van der Waals surface area (Å²) < 4.78 is 5.03. The first-order valence-electron chi connectivity index (χ1n) is 6.71. The summed E-state index contributed by atoms with van der Waals surface area (Å²) in [5.74, 6) is -1.17. The van der Waals surface area contributed by atoms with E-state index < -0.39 is 5.97 Å². The highest BCUT2D eigenvalue weighted by Gasteiger charge is 2.26. The maximum absolute atomic E-state index is 11.7. The van der Waals surface area contributed by atoms with Crippen molar-refractivity contribution < 1.29 is 19.4 Å². The molecule has 2 heterocycles. The standard InChI is InChI=1S/C14H18N2O4/c1-2-20-14(19)10-3-5-16(6-4-10)12-7-11(13(17)18)8-15-9-12/h7-10H,2-6H2,1H3,(H,17,18). The fraction of sp³-hybridized carbons (Fsp3) is 0.500. The SMILES string of the molecule is CCOC(=O)C1CCN(c2cncc(C(=O)O)c2)CC1. The summed E-state index contributed by atoms with van der Waals surface area (Å²) in [6.45, 7) is 3.61. The van der Waals surface area contributed by atoms with Crippen LogP contribution >= 0.6 is 0 Å². The third-order valence-corrected chi connectivity index (χ3v) is 3.45. The van der Waals surface area contributed by atoms with E-state index in [1.165, 1.54) is 6.20 Å². The minimum Gasteiger partial charge on any atom is -0.478 e. The fourth-order valence-electron chi connectivity index (χ4n) is 2.35. The molecule has 1 aliphatic heterocycles. The van der Waals surface area contributed by atoms with Gasteiger partial charge in [-0.3, -0.25) is 9.78 Å². The second-order valence-corrected chi connectivity index (χ2v) is 4.75. The second kappa shape index (κ2) is 6.36. The van der Waals surface area contributed by atoms with E-state index in [1.807, 2.05) is 0 Å². The number of hydrogen-bond acceptors (Lipinski definition) is 5. The van der Waals surface area contributed by atoms with Crippen molar-refractivity contribution in [3.63, 3.8) is 0 Å². The van der Waals surface area contributed by atoms with E-state index in [-0.39, 0.29) is 17.5 Å². The van der Waals surface area contributed by atoms with Crippen molar-refractivity contribution in [2.24, 2.45) is 5.92 Å². The predicted molar refractivity (Wildman–Crippen MR) is 72.8 cm³/mol. The second-order valence-electron chi connectivity index (χ2n) is 4.75. The minimum atomic E-state index is -0.985. The molecule has 0 saturated carbocycles. The number of hydrogen-bond donors (Lipinski definition) is 1. The Morgan fingerprint density at radius 3 is 2.70 bits per heavy atom. The summed E-state index contributed by atoms with van der Waals surface area (Å²) in [6, 6.07) is 1.61. The third kappa shape index (κ3) is 3.26. The van der Waals surface area contributed by atoms with Gasteiger partial charge in [0, 0.05) is 19.3 Å². The van der Waals surface area contributed by atoms with Crippen LogP contribution in [0.15, 0.2) is 18.5 Å². The van der Waals surface area contributed by atoms with Crippen molar-refractivity contribution in [1.29, 1.82) is 0 Å². The highest BCUT2D eigenvalue weighted by molar-refractivity contribution is 5.88. The summed E-state index contributed by atoms with van der Waals surface area (Å²) >= 11 is 0. The van der Waals surface area contributed by atoms with E-state index in [1.54, 1.807) is 19.2 Å². The van der Waals surface area contributed by atoms with Gasteiger partial charge in [-0.2, -0.15) is 0 Å². The molecule has 6 heteroatoms. The number of nitrogens with zero attached hydrogens (tertiary/aromatic N) is 2. The quantitative estimate of drug-likeness (QED) is 0.842. The number of ether oxygens (including phenoxy) is 1. The van der Waals surface area contributed by atoms with Gasteiger partial charge in [-0.05, 0) is 25.8 Å². The minimum absolute atomic E-state index is 0.0539. The van der Waals surface area contributed by atoms with Gasteiger partial charge in [0.2, 0.25) is 0 Å². The number of esters is 1. The van der Waals surface area contributed by atoms with Gasteiger partial charge in [0.25, 0.3) is 0 Å². The van der Waals surface area contributed by atoms with E-state index in [9.17, 15) is 9.59 Å². The number of aromatic nitrogens is 1. The zero-order valence-corrected chi connectivity index (χ0v) is 11.4. The molecule has 20 heavy (non-hydrogen) atoms. The Hall–Kier alpha value is -2.11. The van der Waals surface area contributed by atoms with Gasteiger partial charge in [0.1, 0.15) is 0 Å². The maximum Gasteiger partial charge on any atom is 0.337 e. The number of piperidine rings is 1. The first kappa shape index (κ1) is 14.3. The molecule has 1 N–H and O–H groups in total. The Labute approximate surface area is 117 Å². The van der Waals surface area contributed by atoms with Gasteiger partial charge in [0.15, 0.2) is 0 Å². The van der Waals surface area contributed by atoms with Crippen LogP contribution in [0.4, 0.5) is 5.69 Å². The van der Waals surface area contributed by atoms with Gasteiger partial charge >= 0.3 is 11.9 Å². The van der Waals surface area contributed by atoms with Crippen LogP contribution in [0.3, 0.4) is 0 Å². The Balaban J connectivity index is 1.98. The molecule has 0 aliphatic carbocycles. The molecule has 0 atom stereocenters. The Bertz CT molecular complexity index is 496. The van der Waals surface area contributed by atoms with Crippen LogP contribution in [0.2, 0.25) is 0 Å². The normalized spacial score (nSPS) is 15.9. The van der Waals surface area contributed by atoms with Crippen LogP contribution < -0.4 is 4.90 Å². The lowest BCUT2D eigenvalue weighted by Crippen LogP contribution is -2.37. The monoisotopic (exact) mass is 278 g/mol. The van der Waals surface area contributed by atoms with Gasteiger partial charge in [0.05, 0.1) is 30.0 Å².